The smallest absolute Gasteiger partial charge is 0.241 e. The number of nitrogens with two attached hydrogens (primary N) is 1. The van der Waals surface area contributed by atoms with Gasteiger partial charge in [-0.2, -0.15) is 0 Å². The summed E-state index contributed by atoms with van der Waals surface area (Å²) in [5.41, 5.74) is 6.51. The van der Waals surface area contributed by atoms with Crippen molar-refractivity contribution >= 4 is 23.4 Å². The molecule has 1 aromatic rings. The Morgan fingerprint density at radius 1 is 1.28 bits per heavy atom. The molecule has 2 aliphatic rings. The number of anilines is 1. The second-order valence-corrected chi connectivity index (χ2v) is 5.50. The number of hydrogen-bond acceptors (Lipinski definition) is 3. The fourth-order valence-electron chi connectivity index (χ4n) is 2.38. The molecule has 0 radical (unpaired) electrons. The SMILES string of the molecule is NCC(=O)N1c2ccccc2SC2C=CC=CC21. The third-order valence-electron chi connectivity index (χ3n) is 3.19. The van der Waals surface area contributed by atoms with Crippen LogP contribution in [0.15, 0.2) is 53.5 Å². The fraction of sp³-hybridized carbons (Fsp3) is 0.214. The maximum absolute atomic E-state index is 12.1. The number of para-hydroxylation sites is 1. The Morgan fingerprint density at radius 3 is 2.89 bits per heavy atom. The first-order valence-corrected chi connectivity index (χ1v) is 6.82. The number of allylic oxidation sites excluding steroid dienone is 2. The Labute approximate surface area is 110 Å². The number of hydrogen-bond donors (Lipinski definition) is 1. The van der Waals surface area contributed by atoms with Crippen molar-refractivity contribution in [1.29, 1.82) is 0 Å². The lowest BCUT2D eigenvalue weighted by Gasteiger charge is -2.40. The van der Waals surface area contributed by atoms with Crippen LogP contribution in [-0.2, 0) is 4.79 Å². The highest BCUT2D eigenvalue weighted by molar-refractivity contribution is 8.00. The molecule has 0 spiro atoms. The lowest BCUT2D eigenvalue weighted by atomic mass is 10.0. The molecule has 1 heterocycles. The highest BCUT2D eigenvalue weighted by atomic mass is 32.2. The number of rotatable bonds is 1. The molecule has 1 aromatic carbocycles. The molecule has 1 aliphatic heterocycles. The van der Waals surface area contributed by atoms with Crippen LogP contribution in [0.1, 0.15) is 0 Å². The molecule has 3 nitrogen and oxygen atoms in total. The van der Waals surface area contributed by atoms with E-state index in [4.69, 9.17) is 5.73 Å². The van der Waals surface area contributed by atoms with Crippen LogP contribution in [0.3, 0.4) is 0 Å². The summed E-state index contributed by atoms with van der Waals surface area (Å²) < 4.78 is 0. The fourth-order valence-corrected chi connectivity index (χ4v) is 3.64. The zero-order chi connectivity index (χ0) is 12.5. The summed E-state index contributed by atoms with van der Waals surface area (Å²) in [4.78, 5) is 15.1. The number of carbonyl (C=O) groups is 1. The highest BCUT2D eigenvalue weighted by Crippen LogP contribution is 2.43. The van der Waals surface area contributed by atoms with E-state index in [9.17, 15) is 4.79 Å². The van der Waals surface area contributed by atoms with Crippen molar-refractivity contribution in [1.82, 2.24) is 0 Å². The van der Waals surface area contributed by atoms with Gasteiger partial charge in [0.15, 0.2) is 0 Å². The molecule has 0 aromatic heterocycles. The van der Waals surface area contributed by atoms with E-state index in [0.29, 0.717) is 0 Å². The summed E-state index contributed by atoms with van der Waals surface area (Å²) in [6.45, 7) is 0.0414. The molecule has 1 aliphatic carbocycles. The molecule has 1 amide bonds. The van der Waals surface area contributed by atoms with Gasteiger partial charge in [0.25, 0.3) is 0 Å². The van der Waals surface area contributed by atoms with Crippen LogP contribution in [-0.4, -0.2) is 23.7 Å². The highest BCUT2D eigenvalue weighted by Gasteiger charge is 2.35. The molecule has 2 atom stereocenters. The van der Waals surface area contributed by atoms with Crippen LogP contribution in [0.5, 0.6) is 0 Å². The van der Waals surface area contributed by atoms with E-state index in [2.05, 4.69) is 18.2 Å². The molecule has 3 rings (SSSR count). The number of nitrogens with zero attached hydrogens (tertiary/aromatic N) is 1. The lowest BCUT2D eigenvalue weighted by Crippen LogP contribution is -2.49. The standard InChI is InChI=1S/C14H14N2OS/c15-9-14(17)16-10-5-1-3-7-12(10)18-13-8-4-2-6-11(13)16/h1-8,10,12H,9,15H2. The predicted molar refractivity (Wildman–Crippen MR) is 74.7 cm³/mol. The average molecular weight is 258 g/mol. The minimum Gasteiger partial charge on any atom is -0.322 e. The van der Waals surface area contributed by atoms with E-state index in [-0.39, 0.29) is 23.7 Å². The summed E-state index contributed by atoms with van der Waals surface area (Å²) in [6.07, 6.45) is 8.24. The number of thioether (sulfide) groups is 1. The first-order chi connectivity index (χ1) is 8.81. The third-order valence-corrected chi connectivity index (χ3v) is 4.49. The Balaban J connectivity index is 2.10. The van der Waals surface area contributed by atoms with Crippen molar-refractivity contribution in [2.24, 2.45) is 5.73 Å². The third kappa shape index (κ3) is 1.78. The average Bonchev–Trinajstić information content (AvgIpc) is 2.44. The second-order valence-electron chi connectivity index (χ2n) is 4.28. The monoisotopic (exact) mass is 258 g/mol. The van der Waals surface area contributed by atoms with Crippen molar-refractivity contribution in [3.63, 3.8) is 0 Å². The Kier molecular flexibility index (Phi) is 2.97. The summed E-state index contributed by atoms with van der Waals surface area (Å²) in [7, 11) is 0. The quantitative estimate of drug-likeness (QED) is 0.837. The van der Waals surface area contributed by atoms with Crippen LogP contribution >= 0.6 is 11.8 Å². The Morgan fingerprint density at radius 2 is 2.06 bits per heavy atom. The summed E-state index contributed by atoms with van der Waals surface area (Å²) in [6, 6.07) is 8.07. The van der Waals surface area contributed by atoms with Gasteiger partial charge in [0.1, 0.15) is 0 Å². The molecular weight excluding hydrogens is 244 g/mol. The van der Waals surface area contributed by atoms with Gasteiger partial charge in [0, 0.05) is 4.90 Å². The van der Waals surface area contributed by atoms with E-state index in [1.54, 1.807) is 11.8 Å². The van der Waals surface area contributed by atoms with E-state index in [1.165, 1.54) is 0 Å². The van der Waals surface area contributed by atoms with Crippen LogP contribution in [0, 0.1) is 0 Å². The molecular formula is C14H14N2OS. The summed E-state index contributed by atoms with van der Waals surface area (Å²) in [5, 5.41) is 0.278. The van der Waals surface area contributed by atoms with Crippen molar-refractivity contribution in [2.75, 3.05) is 11.4 Å². The first-order valence-electron chi connectivity index (χ1n) is 5.94. The van der Waals surface area contributed by atoms with E-state index < -0.39 is 0 Å². The van der Waals surface area contributed by atoms with Crippen molar-refractivity contribution in [3.05, 3.63) is 48.6 Å². The molecule has 0 bridgehead atoms. The van der Waals surface area contributed by atoms with Crippen molar-refractivity contribution in [3.8, 4) is 0 Å². The molecule has 18 heavy (non-hydrogen) atoms. The normalized spacial score (nSPS) is 24.6. The molecule has 0 fully saturated rings. The van der Waals surface area contributed by atoms with Crippen molar-refractivity contribution < 1.29 is 4.79 Å². The van der Waals surface area contributed by atoms with Gasteiger partial charge in [0.2, 0.25) is 5.91 Å². The number of fused-ring (bicyclic) bond motifs is 2. The van der Waals surface area contributed by atoms with Gasteiger partial charge in [0.05, 0.1) is 23.5 Å². The van der Waals surface area contributed by atoms with Gasteiger partial charge < -0.3 is 10.6 Å². The molecule has 92 valence electrons. The topological polar surface area (TPSA) is 46.3 Å². The summed E-state index contributed by atoms with van der Waals surface area (Å²) in [5.74, 6) is -0.0299. The number of carbonyl (C=O) groups excluding carboxylic acids is 1. The van der Waals surface area contributed by atoms with Crippen LogP contribution in [0.25, 0.3) is 0 Å². The zero-order valence-corrected chi connectivity index (χ0v) is 10.6. The van der Waals surface area contributed by atoms with Crippen LogP contribution < -0.4 is 10.6 Å². The predicted octanol–water partition coefficient (Wildman–Crippen LogP) is 1.95. The molecule has 0 saturated carbocycles. The van der Waals surface area contributed by atoms with Gasteiger partial charge in [-0.3, -0.25) is 4.79 Å². The maximum atomic E-state index is 12.1. The van der Waals surface area contributed by atoms with Gasteiger partial charge in [-0.05, 0) is 12.1 Å². The number of benzene rings is 1. The van der Waals surface area contributed by atoms with E-state index in [1.807, 2.05) is 35.3 Å². The summed E-state index contributed by atoms with van der Waals surface area (Å²) >= 11 is 1.80. The largest absolute Gasteiger partial charge is 0.322 e. The Hall–Kier alpha value is -1.52. The minimum absolute atomic E-state index is 0.0299. The molecule has 4 heteroatoms. The molecule has 2 unspecified atom stereocenters. The van der Waals surface area contributed by atoms with E-state index in [0.717, 1.165) is 10.6 Å². The second kappa shape index (κ2) is 4.63. The number of amides is 1. The van der Waals surface area contributed by atoms with Crippen molar-refractivity contribution in [2.45, 2.75) is 16.2 Å². The molecule has 0 saturated heterocycles. The van der Waals surface area contributed by atoms with Crippen LogP contribution in [0.2, 0.25) is 0 Å². The van der Waals surface area contributed by atoms with Gasteiger partial charge >= 0.3 is 0 Å². The lowest BCUT2D eigenvalue weighted by molar-refractivity contribution is -0.117. The van der Waals surface area contributed by atoms with E-state index >= 15 is 0 Å². The van der Waals surface area contributed by atoms with Gasteiger partial charge in [-0.1, -0.05) is 36.4 Å². The minimum atomic E-state index is -0.0299. The van der Waals surface area contributed by atoms with Gasteiger partial charge in [-0.15, -0.1) is 11.8 Å². The Bertz CT molecular complexity index is 538. The van der Waals surface area contributed by atoms with Crippen LogP contribution in [0.4, 0.5) is 5.69 Å². The van der Waals surface area contributed by atoms with Gasteiger partial charge in [-0.25, -0.2) is 0 Å². The molecule has 2 N–H and O–H groups in total. The first kappa shape index (κ1) is 11.6. The maximum Gasteiger partial charge on any atom is 0.241 e. The zero-order valence-electron chi connectivity index (χ0n) is 9.82.